The highest BCUT2D eigenvalue weighted by atomic mass is 35.5. The number of ether oxygens (including phenoxy) is 2. The maximum Gasteiger partial charge on any atom is 0.258 e. The van der Waals surface area contributed by atoms with Gasteiger partial charge in [-0.3, -0.25) is 4.68 Å². The van der Waals surface area contributed by atoms with Crippen molar-refractivity contribution in [3.05, 3.63) is 52.4 Å². The molecule has 32 heavy (non-hydrogen) atoms. The van der Waals surface area contributed by atoms with Crippen molar-refractivity contribution in [2.45, 2.75) is 20.0 Å². The normalized spacial score (nSPS) is 14.5. The molecule has 0 saturated heterocycles. The Kier molecular flexibility index (Phi) is 4.49. The average Bonchev–Trinajstić information content (AvgIpc) is 3.34. The Balaban J connectivity index is 1.85. The summed E-state index contributed by atoms with van der Waals surface area (Å²) in [6, 6.07) is 7.60. The SMILES string of the molecule is Cc1ccc2c(c1Cl)[C@@H](C)Oc1nc(cnc1N)-c1c(nn(C)c1C#N)Oc1ccnn1-2. The number of halogens is 1. The number of nitrogens with two attached hydrogens (primary N) is 1. The van der Waals surface area contributed by atoms with Crippen LogP contribution in [0.3, 0.4) is 0 Å². The lowest BCUT2D eigenvalue weighted by Gasteiger charge is -2.22. The van der Waals surface area contributed by atoms with E-state index >= 15 is 0 Å². The second kappa shape index (κ2) is 7.25. The highest BCUT2D eigenvalue weighted by molar-refractivity contribution is 6.32. The van der Waals surface area contributed by atoms with Crippen LogP contribution in [-0.4, -0.2) is 29.5 Å². The van der Waals surface area contributed by atoms with Gasteiger partial charge in [-0.2, -0.15) is 10.4 Å². The molecule has 0 fully saturated rings. The van der Waals surface area contributed by atoms with Crippen molar-refractivity contribution >= 4 is 17.4 Å². The van der Waals surface area contributed by atoms with Gasteiger partial charge in [0.05, 0.1) is 23.1 Å². The van der Waals surface area contributed by atoms with Crippen molar-refractivity contribution in [3.8, 4) is 40.7 Å². The van der Waals surface area contributed by atoms with E-state index in [-0.39, 0.29) is 23.3 Å². The van der Waals surface area contributed by atoms with Gasteiger partial charge >= 0.3 is 0 Å². The van der Waals surface area contributed by atoms with Crippen molar-refractivity contribution in [2.75, 3.05) is 5.73 Å². The molecular weight excluding hydrogens is 432 g/mol. The minimum Gasteiger partial charge on any atom is -0.467 e. The quantitative estimate of drug-likeness (QED) is 0.430. The van der Waals surface area contributed by atoms with Crippen LogP contribution in [0.25, 0.3) is 16.9 Å². The minimum absolute atomic E-state index is 0.104. The van der Waals surface area contributed by atoms with Crippen molar-refractivity contribution < 1.29 is 9.47 Å². The highest BCUT2D eigenvalue weighted by Crippen LogP contribution is 2.40. The topological polar surface area (TPSA) is 130 Å². The third-order valence-electron chi connectivity index (χ3n) is 5.23. The smallest absolute Gasteiger partial charge is 0.258 e. The summed E-state index contributed by atoms with van der Waals surface area (Å²) < 4.78 is 15.3. The van der Waals surface area contributed by atoms with Crippen molar-refractivity contribution in [2.24, 2.45) is 7.05 Å². The highest BCUT2D eigenvalue weighted by Gasteiger charge is 2.27. The minimum atomic E-state index is -0.551. The van der Waals surface area contributed by atoms with E-state index in [1.54, 1.807) is 24.0 Å². The number of hydrogen-bond acceptors (Lipinski definition) is 8. The number of anilines is 1. The van der Waals surface area contributed by atoms with E-state index in [0.717, 1.165) is 5.56 Å². The van der Waals surface area contributed by atoms with Gasteiger partial charge in [-0.1, -0.05) is 17.7 Å². The lowest BCUT2D eigenvalue weighted by molar-refractivity contribution is 0.218. The number of hydrogen-bond donors (Lipinski definition) is 1. The molecule has 3 aromatic heterocycles. The second-order valence-electron chi connectivity index (χ2n) is 7.28. The van der Waals surface area contributed by atoms with Gasteiger partial charge in [0.25, 0.3) is 11.8 Å². The Labute approximate surface area is 187 Å². The maximum atomic E-state index is 9.72. The third kappa shape index (κ3) is 2.94. The molecule has 160 valence electrons. The lowest BCUT2D eigenvalue weighted by Crippen LogP contribution is -2.14. The summed E-state index contributed by atoms with van der Waals surface area (Å²) in [4.78, 5) is 8.74. The summed E-state index contributed by atoms with van der Waals surface area (Å²) in [5, 5.41) is 19.0. The third-order valence-corrected chi connectivity index (χ3v) is 5.73. The molecule has 10 nitrogen and oxygen atoms in total. The summed E-state index contributed by atoms with van der Waals surface area (Å²) in [6.45, 7) is 3.74. The molecule has 1 aromatic carbocycles. The van der Waals surface area contributed by atoms with E-state index in [1.807, 2.05) is 26.0 Å². The number of nitrogen functional groups attached to an aromatic ring is 1. The van der Waals surface area contributed by atoms with Gasteiger partial charge < -0.3 is 15.2 Å². The molecule has 2 N–H and O–H groups in total. The predicted octanol–water partition coefficient (Wildman–Crippen LogP) is 3.72. The van der Waals surface area contributed by atoms with Gasteiger partial charge in [-0.15, -0.1) is 5.10 Å². The zero-order chi connectivity index (χ0) is 22.6. The number of rotatable bonds is 0. The molecule has 0 unspecified atom stereocenters. The van der Waals surface area contributed by atoms with E-state index in [9.17, 15) is 5.26 Å². The molecule has 4 heterocycles. The Morgan fingerprint density at radius 3 is 2.84 bits per heavy atom. The molecule has 0 saturated carbocycles. The zero-order valence-electron chi connectivity index (χ0n) is 17.4. The molecule has 11 heteroatoms. The van der Waals surface area contributed by atoms with Gasteiger partial charge in [0.15, 0.2) is 11.5 Å². The number of benzene rings is 1. The maximum absolute atomic E-state index is 9.72. The van der Waals surface area contributed by atoms with Crippen molar-refractivity contribution in [1.82, 2.24) is 29.5 Å². The monoisotopic (exact) mass is 448 g/mol. The molecule has 0 amide bonds. The summed E-state index contributed by atoms with van der Waals surface area (Å²) in [5.41, 5.74) is 9.24. The van der Waals surface area contributed by atoms with Gasteiger partial charge in [0, 0.05) is 18.7 Å². The largest absolute Gasteiger partial charge is 0.467 e. The van der Waals surface area contributed by atoms with Crippen LogP contribution in [0.4, 0.5) is 5.82 Å². The summed E-state index contributed by atoms with van der Waals surface area (Å²) >= 11 is 6.70. The van der Waals surface area contributed by atoms with Gasteiger partial charge in [-0.05, 0) is 25.5 Å². The molecule has 4 aromatic rings. The van der Waals surface area contributed by atoms with E-state index in [1.165, 1.54) is 10.9 Å². The molecule has 5 rings (SSSR count). The van der Waals surface area contributed by atoms with E-state index in [0.29, 0.717) is 33.4 Å². The van der Waals surface area contributed by atoms with Crippen LogP contribution < -0.4 is 15.2 Å². The molecule has 1 aliphatic rings. The molecule has 2 bridgehead atoms. The zero-order valence-corrected chi connectivity index (χ0v) is 18.1. The molecule has 0 radical (unpaired) electrons. The van der Waals surface area contributed by atoms with E-state index in [2.05, 4.69) is 26.2 Å². The van der Waals surface area contributed by atoms with E-state index < -0.39 is 6.10 Å². The van der Waals surface area contributed by atoms with Gasteiger partial charge in [-0.25, -0.2) is 14.6 Å². The Bertz CT molecular complexity index is 1420. The van der Waals surface area contributed by atoms with Gasteiger partial charge in [0.1, 0.15) is 23.4 Å². The molecule has 1 atom stereocenters. The molecule has 0 spiro atoms. The van der Waals surface area contributed by atoms with E-state index in [4.69, 9.17) is 26.8 Å². The molecular formula is C21H17ClN8O2. The second-order valence-corrected chi connectivity index (χ2v) is 7.66. The standard InChI is InChI=1S/C21H17ClN8O2/c1-10-4-5-13-16(18(10)22)11(2)31-21-19(24)25-9-12(27-21)17-14(8-23)29(3)28-20(17)32-15-6-7-26-30(13)15/h4-7,9,11H,1-3H3,(H2,24,25)/t11-/m1/s1. The Hall–Kier alpha value is -4.10. The first kappa shape index (κ1) is 19.8. The van der Waals surface area contributed by atoms with Crippen LogP contribution in [0.1, 0.15) is 29.8 Å². The number of aryl methyl sites for hydroxylation is 2. The molecule has 0 aliphatic carbocycles. The fraction of sp³-hybridized carbons (Fsp3) is 0.190. The first-order chi connectivity index (χ1) is 15.4. The molecule has 1 aliphatic heterocycles. The summed E-state index contributed by atoms with van der Waals surface area (Å²) in [5.74, 6) is 0.765. The number of nitrogens with zero attached hydrogens (tertiary/aromatic N) is 7. The fourth-order valence-electron chi connectivity index (χ4n) is 3.66. The number of nitriles is 1. The van der Waals surface area contributed by atoms with Crippen LogP contribution in [0.15, 0.2) is 30.6 Å². The lowest BCUT2D eigenvalue weighted by atomic mass is 10.0. The van der Waals surface area contributed by atoms with Crippen LogP contribution in [0.2, 0.25) is 5.02 Å². The summed E-state index contributed by atoms with van der Waals surface area (Å²) in [6.07, 6.45) is 2.50. The Morgan fingerprint density at radius 1 is 1.25 bits per heavy atom. The average molecular weight is 449 g/mol. The number of aromatic nitrogens is 6. The van der Waals surface area contributed by atoms with Crippen molar-refractivity contribution in [1.29, 1.82) is 5.26 Å². The predicted molar refractivity (Wildman–Crippen MR) is 116 cm³/mol. The summed E-state index contributed by atoms with van der Waals surface area (Å²) in [7, 11) is 1.65. The van der Waals surface area contributed by atoms with Crippen molar-refractivity contribution in [3.63, 3.8) is 0 Å². The number of fused-ring (bicyclic) bond motifs is 7. The van der Waals surface area contributed by atoms with Crippen LogP contribution in [-0.2, 0) is 7.05 Å². The van der Waals surface area contributed by atoms with Crippen LogP contribution >= 0.6 is 11.6 Å². The fourth-order valence-corrected chi connectivity index (χ4v) is 3.97. The first-order valence-electron chi connectivity index (χ1n) is 9.67. The van der Waals surface area contributed by atoms with Gasteiger partial charge in [0.2, 0.25) is 5.88 Å². The van der Waals surface area contributed by atoms with Crippen LogP contribution in [0, 0.1) is 18.3 Å². The van der Waals surface area contributed by atoms with Crippen LogP contribution in [0.5, 0.6) is 17.6 Å². The Morgan fingerprint density at radius 2 is 2.06 bits per heavy atom. The first-order valence-corrected chi connectivity index (χ1v) is 10.0.